The van der Waals surface area contributed by atoms with Crippen LogP contribution in [0.5, 0.6) is 5.75 Å². The Labute approximate surface area is 153 Å². The van der Waals surface area contributed by atoms with Crippen molar-refractivity contribution in [2.75, 3.05) is 13.7 Å². The van der Waals surface area contributed by atoms with Crippen molar-refractivity contribution in [3.63, 3.8) is 0 Å². The molecule has 7 heteroatoms. The molecule has 1 N–H and O–H groups in total. The Morgan fingerprint density at radius 3 is 2.96 bits per heavy atom. The first-order valence-electron chi connectivity index (χ1n) is 8.22. The van der Waals surface area contributed by atoms with Gasteiger partial charge in [0.2, 0.25) is 0 Å². The molecule has 0 bridgehead atoms. The van der Waals surface area contributed by atoms with Gasteiger partial charge in [-0.3, -0.25) is 9.25 Å². The largest absolute Gasteiger partial charge is 0.497 e. The fourth-order valence-electron chi connectivity index (χ4n) is 3.13. The topological polar surface area (TPSA) is 56.9 Å². The van der Waals surface area contributed by atoms with Gasteiger partial charge in [-0.15, -0.1) is 12.4 Å². The smallest absolute Gasteiger partial charge is 0.165 e. The maximum atomic E-state index is 5.37. The van der Waals surface area contributed by atoms with E-state index in [1.807, 2.05) is 24.5 Å². The maximum Gasteiger partial charge on any atom is 0.165 e. The van der Waals surface area contributed by atoms with Crippen LogP contribution in [0.25, 0.3) is 17.2 Å². The van der Waals surface area contributed by atoms with Crippen molar-refractivity contribution in [1.29, 1.82) is 0 Å². The molecule has 0 aliphatic carbocycles. The molecule has 25 heavy (non-hydrogen) atoms. The molecule has 0 saturated heterocycles. The minimum Gasteiger partial charge on any atom is -0.497 e. The summed E-state index contributed by atoms with van der Waals surface area (Å²) >= 11 is 0. The van der Waals surface area contributed by atoms with Crippen LogP contribution in [0.3, 0.4) is 0 Å². The van der Waals surface area contributed by atoms with Crippen LogP contribution in [-0.4, -0.2) is 33.0 Å². The van der Waals surface area contributed by atoms with Crippen LogP contribution in [0.4, 0.5) is 0 Å². The SMILES string of the molecule is COc1ccc(C)c(-n2ccnc2-c2cc3n(n2)CCCNC3)c1.Cl. The molecule has 0 amide bonds. The number of fused-ring (bicyclic) bond motifs is 1. The van der Waals surface area contributed by atoms with Crippen molar-refractivity contribution < 1.29 is 4.74 Å². The third-order valence-corrected chi connectivity index (χ3v) is 4.44. The average Bonchev–Trinajstić information content (AvgIpc) is 3.17. The Kier molecular flexibility index (Phi) is 5.11. The summed E-state index contributed by atoms with van der Waals surface area (Å²) in [7, 11) is 1.68. The zero-order valence-electron chi connectivity index (χ0n) is 14.4. The molecule has 0 saturated carbocycles. The van der Waals surface area contributed by atoms with E-state index < -0.39 is 0 Å². The molecule has 3 aromatic rings. The van der Waals surface area contributed by atoms with Crippen molar-refractivity contribution in [3.05, 3.63) is 47.9 Å². The van der Waals surface area contributed by atoms with Crippen molar-refractivity contribution >= 4 is 12.4 Å². The third-order valence-electron chi connectivity index (χ3n) is 4.44. The highest BCUT2D eigenvalue weighted by Crippen LogP contribution is 2.26. The fraction of sp³-hybridized carbons (Fsp3) is 0.333. The second-order valence-electron chi connectivity index (χ2n) is 6.05. The van der Waals surface area contributed by atoms with Crippen LogP contribution >= 0.6 is 12.4 Å². The van der Waals surface area contributed by atoms with E-state index in [-0.39, 0.29) is 12.4 Å². The second kappa shape index (κ2) is 7.29. The van der Waals surface area contributed by atoms with Gasteiger partial charge in [0.1, 0.15) is 11.4 Å². The summed E-state index contributed by atoms with van der Waals surface area (Å²) in [5.41, 5.74) is 4.33. The number of benzene rings is 1. The van der Waals surface area contributed by atoms with Crippen LogP contribution in [-0.2, 0) is 13.1 Å². The molecule has 4 rings (SSSR count). The third kappa shape index (κ3) is 3.27. The number of nitrogens with zero attached hydrogens (tertiary/aromatic N) is 4. The van der Waals surface area contributed by atoms with Crippen molar-refractivity contribution in [3.8, 4) is 23.0 Å². The number of halogens is 1. The number of aromatic nitrogens is 4. The van der Waals surface area contributed by atoms with Gasteiger partial charge in [-0.25, -0.2) is 4.98 Å². The molecule has 3 heterocycles. The Hall–Kier alpha value is -2.31. The summed E-state index contributed by atoms with van der Waals surface area (Å²) in [6, 6.07) is 8.19. The van der Waals surface area contributed by atoms with Gasteiger partial charge in [-0.05, 0) is 37.6 Å². The van der Waals surface area contributed by atoms with Gasteiger partial charge < -0.3 is 10.1 Å². The van der Waals surface area contributed by atoms with E-state index in [0.717, 1.165) is 54.6 Å². The van der Waals surface area contributed by atoms with Gasteiger partial charge >= 0.3 is 0 Å². The molecule has 1 aliphatic rings. The molecule has 0 spiro atoms. The number of hydrogen-bond acceptors (Lipinski definition) is 4. The van der Waals surface area contributed by atoms with Crippen LogP contribution < -0.4 is 10.1 Å². The number of nitrogens with one attached hydrogen (secondary N) is 1. The number of hydrogen-bond donors (Lipinski definition) is 1. The first-order chi connectivity index (χ1) is 11.8. The molecule has 0 unspecified atom stereocenters. The molecule has 1 aliphatic heterocycles. The normalized spacial score (nSPS) is 13.7. The van der Waals surface area contributed by atoms with Crippen LogP contribution in [0, 0.1) is 6.92 Å². The van der Waals surface area contributed by atoms with Crippen LogP contribution in [0.15, 0.2) is 36.7 Å². The zero-order valence-corrected chi connectivity index (χ0v) is 15.2. The van der Waals surface area contributed by atoms with Gasteiger partial charge in [-0.1, -0.05) is 6.07 Å². The van der Waals surface area contributed by atoms with Crippen molar-refractivity contribution in [2.45, 2.75) is 26.4 Å². The molecule has 2 aromatic heterocycles. The van der Waals surface area contributed by atoms with Crippen molar-refractivity contribution in [1.82, 2.24) is 24.6 Å². The quantitative estimate of drug-likeness (QED) is 0.781. The lowest BCUT2D eigenvalue weighted by atomic mass is 10.2. The summed E-state index contributed by atoms with van der Waals surface area (Å²) in [4.78, 5) is 4.55. The number of aryl methyl sites for hydroxylation is 2. The van der Waals surface area contributed by atoms with Crippen molar-refractivity contribution in [2.24, 2.45) is 0 Å². The summed E-state index contributed by atoms with van der Waals surface area (Å²) < 4.78 is 9.54. The predicted octanol–water partition coefficient (Wildman–Crippen LogP) is 2.97. The molecule has 1 aromatic carbocycles. The first kappa shape index (κ1) is 17.5. The Morgan fingerprint density at radius 1 is 1.24 bits per heavy atom. The molecular weight excluding hydrogens is 338 g/mol. The molecule has 0 atom stereocenters. The van der Waals surface area contributed by atoms with E-state index in [1.54, 1.807) is 7.11 Å². The Bertz CT molecular complexity index is 847. The van der Waals surface area contributed by atoms with Gasteiger partial charge in [0, 0.05) is 31.5 Å². The van der Waals surface area contributed by atoms with Gasteiger partial charge in [-0.2, -0.15) is 5.10 Å². The molecular formula is C18H22ClN5O. The standard InChI is InChI=1S/C18H21N5O.ClH/c1-13-4-5-15(24-2)11-17(13)22-9-7-20-18(22)16-10-14-12-19-6-3-8-23(14)21-16;/h4-5,7,9-11,19H,3,6,8,12H2,1-2H3;1H. The Morgan fingerprint density at radius 2 is 2.12 bits per heavy atom. The van der Waals surface area contributed by atoms with E-state index >= 15 is 0 Å². The van der Waals surface area contributed by atoms with Gasteiger partial charge in [0.05, 0.1) is 18.5 Å². The number of ether oxygens (including phenoxy) is 1. The molecule has 132 valence electrons. The van der Waals surface area contributed by atoms with E-state index in [0.29, 0.717) is 0 Å². The average molecular weight is 360 g/mol. The molecule has 6 nitrogen and oxygen atoms in total. The number of methoxy groups -OCH3 is 1. The van der Waals surface area contributed by atoms with Crippen LogP contribution in [0.1, 0.15) is 17.7 Å². The second-order valence-corrected chi connectivity index (χ2v) is 6.05. The first-order valence-corrected chi connectivity index (χ1v) is 8.22. The maximum absolute atomic E-state index is 5.37. The highest BCUT2D eigenvalue weighted by atomic mass is 35.5. The van der Waals surface area contributed by atoms with E-state index in [2.05, 4.69) is 38.6 Å². The van der Waals surface area contributed by atoms with E-state index in [4.69, 9.17) is 9.84 Å². The monoisotopic (exact) mass is 359 g/mol. The summed E-state index contributed by atoms with van der Waals surface area (Å²) in [6.07, 6.45) is 4.88. The lowest BCUT2D eigenvalue weighted by molar-refractivity contribution is 0.414. The van der Waals surface area contributed by atoms with Gasteiger partial charge in [0.15, 0.2) is 5.82 Å². The van der Waals surface area contributed by atoms with Gasteiger partial charge in [0.25, 0.3) is 0 Å². The molecule has 0 fully saturated rings. The lowest BCUT2D eigenvalue weighted by Gasteiger charge is -2.11. The van der Waals surface area contributed by atoms with Crippen LogP contribution in [0.2, 0.25) is 0 Å². The fourth-order valence-corrected chi connectivity index (χ4v) is 3.13. The highest BCUT2D eigenvalue weighted by Gasteiger charge is 2.17. The summed E-state index contributed by atoms with van der Waals surface area (Å²) in [5, 5.41) is 8.20. The zero-order chi connectivity index (χ0) is 16.5. The van der Waals surface area contributed by atoms with E-state index in [9.17, 15) is 0 Å². The highest BCUT2D eigenvalue weighted by molar-refractivity contribution is 5.85. The lowest BCUT2D eigenvalue weighted by Crippen LogP contribution is -2.11. The number of imidazole rings is 1. The molecule has 0 radical (unpaired) electrons. The predicted molar refractivity (Wildman–Crippen MR) is 99.6 cm³/mol. The minimum absolute atomic E-state index is 0. The summed E-state index contributed by atoms with van der Waals surface area (Å²) in [5.74, 6) is 1.69. The Balaban J connectivity index is 0.00000182. The minimum atomic E-state index is 0. The number of rotatable bonds is 3. The van der Waals surface area contributed by atoms with E-state index in [1.165, 1.54) is 5.69 Å². The summed E-state index contributed by atoms with van der Waals surface area (Å²) in [6.45, 7) is 4.92.